The van der Waals surface area contributed by atoms with Gasteiger partial charge in [0.15, 0.2) is 0 Å². The fraction of sp³-hybridized carbons (Fsp3) is 0.611. The highest BCUT2D eigenvalue weighted by Gasteiger charge is 2.24. The molecule has 1 aliphatic carbocycles. The minimum absolute atomic E-state index is 0.343. The van der Waals surface area contributed by atoms with Crippen LogP contribution in [-0.4, -0.2) is 17.4 Å². The molecule has 3 nitrogen and oxygen atoms in total. The van der Waals surface area contributed by atoms with E-state index in [1.54, 1.807) is 0 Å². The van der Waals surface area contributed by atoms with Crippen molar-refractivity contribution in [3.8, 4) is 0 Å². The Morgan fingerprint density at radius 3 is 2.71 bits per heavy atom. The second-order valence-electron chi connectivity index (χ2n) is 6.61. The third-order valence-electron chi connectivity index (χ3n) is 5.09. The maximum Gasteiger partial charge on any atom is 0.223 e. The molecule has 3 heteroatoms. The summed E-state index contributed by atoms with van der Waals surface area (Å²) in [4.78, 5) is 14.6. The Bertz CT molecular complexity index is 504. The highest BCUT2D eigenvalue weighted by Crippen LogP contribution is 2.28. The smallest absolute Gasteiger partial charge is 0.223 e. The summed E-state index contributed by atoms with van der Waals surface area (Å²) in [5, 5.41) is 0. The van der Waals surface area contributed by atoms with E-state index in [1.807, 2.05) is 17.0 Å². The minimum Gasteiger partial charge on any atom is -0.398 e. The fourth-order valence-electron chi connectivity index (χ4n) is 3.80. The molecule has 1 amide bonds. The van der Waals surface area contributed by atoms with Gasteiger partial charge in [-0.25, -0.2) is 0 Å². The molecule has 1 fully saturated rings. The number of hydrogen-bond donors (Lipinski definition) is 1. The van der Waals surface area contributed by atoms with Crippen molar-refractivity contribution < 1.29 is 4.79 Å². The average Bonchev–Trinajstić information content (AvgIpc) is 2.76. The normalized spacial score (nSPS) is 19.9. The van der Waals surface area contributed by atoms with Crippen molar-refractivity contribution in [2.24, 2.45) is 5.92 Å². The molecule has 114 valence electrons. The first-order chi connectivity index (χ1) is 10.2. The van der Waals surface area contributed by atoms with Gasteiger partial charge in [0.05, 0.1) is 0 Å². The number of anilines is 1. The lowest BCUT2D eigenvalue weighted by Crippen LogP contribution is -2.37. The monoisotopic (exact) mass is 286 g/mol. The first-order valence-corrected chi connectivity index (χ1v) is 8.38. The Morgan fingerprint density at radius 1 is 1.19 bits per heavy atom. The predicted molar refractivity (Wildman–Crippen MR) is 85.8 cm³/mol. The van der Waals surface area contributed by atoms with Crippen LogP contribution in [0, 0.1) is 5.92 Å². The zero-order valence-electron chi connectivity index (χ0n) is 12.8. The largest absolute Gasteiger partial charge is 0.398 e. The number of nitrogens with two attached hydrogens (primary N) is 1. The number of carbonyl (C=O) groups is 1. The first-order valence-electron chi connectivity index (χ1n) is 8.38. The molecule has 1 aromatic rings. The summed E-state index contributed by atoms with van der Waals surface area (Å²) in [6.07, 6.45) is 9.43. The zero-order valence-corrected chi connectivity index (χ0v) is 12.8. The molecule has 1 aromatic carbocycles. The van der Waals surface area contributed by atoms with Crippen LogP contribution in [0.1, 0.15) is 56.1 Å². The Hall–Kier alpha value is -1.51. The van der Waals surface area contributed by atoms with Crippen LogP contribution in [-0.2, 0) is 17.8 Å². The molecular weight excluding hydrogens is 260 g/mol. The van der Waals surface area contributed by atoms with Gasteiger partial charge >= 0.3 is 0 Å². The second-order valence-corrected chi connectivity index (χ2v) is 6.61. The van der Waals surface area contributed by atoms with Crippen molar-refractivity contribution >= 4 is 11.6 Å². The van der Waals surface area contributed by atoms with Gasteiger partial charge in [-0.3, -0.25) is 4.79 Å². The molecule has 3 rings (SSSR count). The summed E-state index contributed by atoms with van der Waals surface area (Å²) in [5.41, 5.74) is 9.38. The molecular formula is C18H26N2O. The van der Waals surface area contributed by atoms with Gasteiger partial charge in [0, 0.05) is 25.2 Å². The Balaban J connectivity index is 1.61. The van der Waals surface area contributed by atoms with E-state index in [2.05, 4.69) is 6.07 Å². The van der Waals surface area contributed by atoms with Crippen LogP contribution in [0.3, 0.4) is 0 Å². The molecule has 0 radical (unpaired) electrons. The predicted octanol–water partition coefficient (Wildman–Crippen LogP) is 3.51. The summed E-state index contributed by atoms with van der Waals surface area (Å²) in [5.74, 6) is 0.956. The lowest BCUT2D eigenvalue weighted by Gasteiger charge is -2.30. The van der Waals surface area contributed by atoms with E-state index in [1.165, 1.54) is 49.7 Å². The Labute approximate surface area is 127 Å². The molecule has 2 N–H and O–H groups in total. The van der Waals surface area contributed by atoms with E-state index in [0.29, 0.717) is 11.8 Å². The van der Waals surface area contributed by atoms with Crippen molar-refractivity contribution in [1.82, 2.24) is 4.90 Å². The van der Waals surface area contributed by atoms with E-state index in [4.69, 9.17) is 5.73 Å². The summed E-state index contributed by atoms with van der Waals surface area (Å²) in [6.45, 7) is 1.57. The van der Waals surface area contributed by atoms with Crippen molar-refractivity contribution in [3.63, 3.8) is 0 Å². The maximum atomic E-state index is 12.6. The van der Waals surface area contributed by atoms with Crippen LogP contribution in [0.2, 0.25) is 0 Å². The van der Waals surface area contributed by atoms with Gasteiger partial charge in [-0.05, 0) is 42.4 Å². The maximum absolute atomic E-state index is 12.6. The minimum atomic E-state index is 0.343. The van der Waals surface area contributed by atoms with Crippen molar-refractivity contribution in [2.45, 2.75) is 57.9 Å². The number of benzene rings is 1. The molecule has 1 saturated carbocycles. The molecule has 0 spiro atoms. The number of fused-ring (bicyclic) bond motifs is 1. The van der Waals surface area contributed by atoms with Gasteiger partial charge in [-0.2, -0.15) is 0 Å². The summed E-state index contributed by atoms with van der Waals surface area (Å²) in [6, 6.07) is 6.06. The molecule has 0 saturated heterocycles. The highest BCUT2D eigenvalue weighted by molar-refractivity contribution is 5.77. The number of nitrogens with zero attached hydrogens (tertiary/aromatic N) is 1. The lowest BCUT2D eigenvalue weighted by molar-refractivity contribution is -0.133. The molecule has 1 heterocycles. The molecule has 1 aliphatic heterocycles. The van der Waals surface area contributed by atoms with Crippen LogP contribution in [0.5, 0.6) is 0 Å². The quantitative estimate of drug-likeness (QED) is 0.668. The van der Waals surface area contributed by atoms with Gasteiger partial charge in [-0.1, -0.05) is 37.8 Å². The summed E-state index contributed by atoms with van der Waals surface area (Å²) in [7, 11) is 0. The van der Waals surface area contributed by atoms with Gasteiger partial charge in [-0.15, -0.1) is 0 Å². The van der Waals surface area contributed by atoms with Crippen LogP contribution < -0.4 is 5.73 Å². The molecule has 0 unspecified atom stereocenters. The van der Waals surface area contributed by atoms with E-state index in [0.717, 1.165) is 31.6 Å². The van der Waals surface area contributed by atoms with Crippen LogP contribution in [0.15, 0.2) is 18.2 Å². The van der Waals surface area contributed by atoms with E-state index in [9.17, 15) is 4.79 Å². The van der Waals surface area contributed by atoms with Crippen LogP contribution >= 0.6 is 0 Å². The van der Waals surface area contributed by atoms with E-state index >= 15 is 0 Å². The Morgan fingerprint density at radius 2 is 1.95 bits per heavy atom. The lowest BCUT2D eigenvalue weighted by atomic mass is 9.94. The molecule has 2 aliphatic rings. The SMILES string of the molecule is Nc1cccc2c1CCN(C(=O)CC1CCCCCC1)C2. The number of nitrogen functional groups attached to an aromatic ring is 1. The van der Waals surface area contributed by atoms with Crippen molar-refractivity contribution in [1.29, 1.82) is 0 Å². The van der Waals surface area contributed by atoms with Crippen molar-refractivity contribution in [3.05, 3.63) is 29.3 Å². The molecule has 0 aromatic heterocycles. The topological polar surface area (TPSA) is 46.3 Å². The Kier molecular flexibility index (Phi) is 4.47. The van der Waals surface area contributed by atoms with Gasteiger partial charge in [0.25, 0.3) is 0 Å². The third-order valence-corrected chi connectivity index (χ3v) is 5.09. The fourth-order valence-corrected chi connectivity index (χ4v) is 3.80. The standard InChI is InChI=1S/C18H26N2O/c19-17-9-5-8-15-13-20(11-10-16(15)17)18(21)12-14-6-3-1-2-4-7-14/h5,8-9,14H,1-4,6-7,10-13,19H2. The van der Waals surface area contributed by atoms with E-state index < -0.39 is 0 Å². The van der Waals surface area contributed by atoms with E-state index in [-0.39, 0.29) is 0 Å². The number of hydrogen-bond acceptors (Lipinski definition) is 2. The second kappa shape index (κ2) is 6.50. The molecule has 0 atom stereocenters. The molecule has 0 bridgehead atoms. The number of amides is 1. The number of rotatable bonds is 2. The highest BCUT2D eigenvalue weighted by atomic mass is 16.2. The third kappa shape index (κ3) is 3.39. The van der Waals surface area contributed by atoms with Gasteiger partial charge < -0.3 is 10.6 Å². The van der Waals surface area contributed by atoms with Crippen LogP contribution in [0.4, 0.5) is 5.69 Å². The number of carbonyl (C=O) groups excluding carboxylic acids is 1. The molecule has 21 heavy (non-hydrogen) atoms. The van der Waals surface area contributed by atoms with Crippen molar-refractivity contribution in [2.75, 3.05) is 12.3 Å². The average molecular weight is 286 g/mol. The van der Waals surface area contributed by atoms with Gasteiger partial charge in [0.2, 0.25) is 5.91 Å². The first kappa shape index (κ1) is 14.4. The van der Waals surface area contributed by atoms with Crippen LogP contribution in [0.25, 0.3) is 0 Å². The van der Waals surface area contributed by atoms with Gasteiger partial charge in [0.1, 0.15) is 0 Å². The zero-order chi connectivity index (χ0) is 14.7. The summed E-state index contributed by atoms with van der Waals surface area (Å²) >= 11 is 0. The summed E-state index contributed by atoms with van der Waals surface area (Å²) < 4.78 is 0.